The number of rotatable bonds is 7. The van der Waals surface area contributed by atoms with Crippen LogP contribution in [0.4, 0.5) is 5.69 Å². The van der Waals surface area contributed by atoms with Crippen LogP contribution in [-0.4, -0.2) is 51.7 Å². The average Bonchev–Trinajstić information content (AvgIpc) is 2.47. The standard InChI is InChI=1S/C15H24N2O4S/c1-6-16(7-2)15(18)12(3)17(22(5,19)20)13-8-10-14(21-4)11-9-13/h8-12H,6-7H2,1-5H3/t12-/m0/s1. The van der Waals surface area contributed by atoms with E-state index in [0.29, 0.717) is 24.5 Å². The second-order valence-corrected chi connectivity index (χ2v) is 6.80. The van der Waals surface area contributed by atoms with Gasteiger partial charge in [0.15, 0.2) is 0 Å². The molecule has 0 spiro atoms. The second kappa shape index (κ2) is 7.49. The summed E-state index contributed by atoms with van der Waals surface area (Å²) < 4.78 is 30.5. The lowest BCUT2D eigenvalue weighted by atomic mass is 10.2. The molecule has 124 valence electrons. The molecule has 0 fully saturated rings. The van der Waals surface area contributed by atoms with Gasteiger partial charge in [-0.05, 0) is 45.0 Å². The number of carbonyl (C=O) groups excluding carboxylic acids is 1. The lowest BCUT2D eigenvalue weighted by molar-refractivity contribution is -0.131. The minimum absolute atomic E-state index is 0.216. The predicted octanol–water partition coefficient (Wildman–Crippen LogP) is 1.72. The van der Waals surface area contributed by atoms with Crippen molar-refractivity contribution >= 4 is 21.6 Å². The van der Waals surface area contributed by atoms with Gasteiger partial charge in [0.05, 0.1) is 19.1 Å². The van der Waals surface area contributed by atoms with Gasteiger partial charge < -0.3 is 9.64 Å². The Morgan fingerprint density at radius 2 is 1.68 bits per heavy atom. The highest BCUT2D eigenvalue weighted by molar-refractivity contribution is 7.92. The van der Waals surface area contributed by atoms with E-state index >= 15 is 0 Å². The molecule has 1 aromatic carbocycles. The summed E-state index contributed by atoms with van der Waals surface area (Å²) in [5, 5.41) is 0. The summed E-state index contributed by atoms with van der Waals surface area (Å²) in [6.45, 7) is 6.42. The van der Waals surface area contributed by atoms with Gasteiger partial charge in [-0.3, -0.25) is 9.10 Å². The van der Waals surface area contributed by atoms with Crippen LogP contribution in [0.1, 0.15) is 20.8 Å². The lowest BCUT2D eigenvalue weighted by Gasteiger charge is -2.31. The Bertz CT molecular complexity index is 594. The highest BCUT2D eigenvalue weighted by Gasteiger charge is 2.31. The zero-order valence-electron chi connectivity index (χ0n) is 13.7. The Balaban J connectivity index is 3.20. The Labute approximate surface area is 132 Å². The molecule has 1 amide bonds. The fraction of sp³-hybridized carbons (Fsp3) is 0.533. The van der Waals surface area contributed by atoms with Crippen LogP contribution in [0.15, 0.2) is 24.3 Å². The van der Waals surface area contributed by atoms with Crippen LogP contribution in [-0.2, 0) is 14.8 Å². The van der Waals surface area contributed by atoms with Crippen molar-refractivity contribution in [2.45, 2.75) is 26.8 Å². The second-order valence-electron chi connectivity index (χ2n) is 4.94. The molecule has 0 N–H and O–H groups in total. The van der Waals surface area contributed by atoms with Gasteiger partial charge >= 0.3 is 0 Å². The van der Waals surface area contributed by atoms with Crippen molar-refractivity contribution in [2.75, 3.05) is 30.8 Å². The van der Waals surface area contributed by atoms with Crippen molar-refractivity contribution < 1.29 is 17.9 Å². The smallest absolute Gasteiger partial charge is 0.246 e. The van der Waals surface area contributed by atoms with Crippen molar-refractivity contribution in [2.24, 2.45) is 0 Å². The van der Waals surface area contributed by atoms with Crippen molar-refractivity contribution in [1.82, 2.24) is 4.90 Å². The largest absolute Gasteiger partial charge is 0.497 e. The van der Waals surface area contributed by atoms with Gasteiger partial charge in [-0.15, -0.1) is 0 Å². The first-order chi connectivity index (χ1) is 10.3. The molecule has 0 saturated carbocycles. The zero-order valence-corrected chi connectivity index (χ0v) is 14.6. The minimum atomic E-state index is -3.59. The summed E-state index contributed by atoms with van der Waals surface area (Å²) in [6.07, 6.45) is 1.10. The van der Waals surface area contributed by atoms with Crippen LogP contribution in [0.2, 0.25) is 0 Å². The topological polar surface area (TPSA) is 66.9 Å². The molecule has 1 atom stereocenters. The molecule has 0 unspecified atom stereocenters. The summed E-state index contributed by atoms with van der Waals surface area (Å²) >= 11 is 0. The number of hydrogen-bond acceptors (Lipinski definition) is 4. The van der Waals surface area contributed by atoms with Crippen LogP contribution < -0.4 is 9.04 Å². The van der Waals surface area contributed by atoms with Crippen molar-refractivity contribution in [3.05, 3.63) is 24.3 Å². The van der Waals surface area contributed by atoms with Gasteiger partial charge in [-0.25, -0.2) is 8.42 Å². The van der Waals surface area contributed by atoms with E-state index in [4.69, 9.17) is 4.74 Å². The zero-order chi connectivity index (χ0) is 16.9. The molecule has 0 radical (unpaired) electrons. The summed E-state index contributed by atoms with van der Waals surface area (Å²) in [4.78, 5) is 14.1. The maximum Gasteiger partial charge on any atom is 0.246 e. The SMILES string of the molecule is CCN(CC)C(=O)[C@H](C)N(c1ccc(OC)cc1)S(C)(=O)=O. The number of carbonyl (C=O) groups is 1. The van der Waals surface area contributed by atoms with Crippen molar-refractivity contribution in [3.63, 3.8) is 0 Å². The number of nitrogens with zero attached hydrogens (tertiary/aromatic N) is 2. The molecule has 0 aliphatic carbocycles. The first-order valence-corrected chi connectivity index (χ1v) is 9.03. The van der Waals surface area contributed by atoms with E-state index in [0.717, 1.165) is 10.6 Å². The van der Waals surface area contributed by atoms with Gasteiger partial charge in [-0.1, -0.05) is 0 Å². The third kappa shape index (κ3) is 4.13. The number of likely N-dealkylation sites (N-methyl/N-ethyl adjacent to an activating group) is 1. The Morgan fingerprint density at radius 3 is 2.05 bits per heavy atom. The Hall–Kier alpha value is -1.76. The van der Waals surface area contributed by atoms with Gasteiger partial charge in [0.1, 0.15) is 11.8 Å². The fourth-order valence-corrected chi connectivity index (χ4v) is 3.50. The summed E-state index contributed by atoms with van der Waals surface area (Å²) in [5.74, 6) is 0.408. The molecule has 22 heavy (non-hydrogen) atoms. The summed E-state index contributed by atoms with van der Waals surface area (Å²) in [5.41, 5.74) is 0.441. The molecular weight excluding hydrogens is 304 g/mol. The van der Waals surface area contributed by atoms with Crippen LogP contribution in [0.3, 0.4) is 0 Å². The normalized spacial score (nSPS) is 12.6. The summed E-state index contributed by atoms with van der Waals surface area (Å²) in [6, 6.07) is 5.80. The number of methoxy groups -OCH3 is 1. The number of benzene rings is 1. The average molecular weight is 328 g/mol. The number of anilines is 1. The van der Waals surface area contributed by atoms with Gasteiger partial charge in [0.2, 0.25) is 15.9 Å². The van der Waals surface area contributed by atoms with E-state index in [1.165, 1.54) is 7.11 Å². The van der Waals surface area contributed by atoms with E-state index in [1.54, 1.807) is 36.1 Å². The molecule has 0 aliphatic heterocycles. The molecule has 1 rings (SSSR count). The molecule has 0 saturated heterocycles. The van der Waals surface area contributed by atoms with E-state index in [1.807, 2.05) is 13.8 Å². The maximum atomic E-state index is 12.5. The third-order valence-electron chi connectivity index (χ3n) is 3.47. The minimum Gasteiger partial charge on any atom is -0.497 e. The molecule has 1 aromatic rings. The predicted molar refractivity (Wildman–Crippen MR) is 87.7 cm³/mol. The van der Waals surface area contributed by atoms with E-state index in [2.05, 4.69) is 0 Å². The number of hydrogen-bond donors (Lipinski definition) is 0. The molecule has 0 heterocycles. The van der Waals surface area contributed by atoms with Crippen LogP contribution in [0, 0.1) is 0 Å². The number of ether oxygens (including phenoxy) is 1. The molecule has 0 aliphatic rings. The molecule has 0 bridgehead atoms. The van der Waals surface area contributed by atoms with Crippen LogP contribution in [0.5, 0.6) is 5.75 Å². The van der Waals surface area contributed by atoms with Crippen molar-refractivity contribution in [1.29, 1.82) is 0 Å². The quantitative estimate of drug-likeness (QED) is 0.764. The first kappa shape index (κ1) is 18.3. The molecule has 0 aromatic heterocycles. The van der Waals surface area contributed by atoms with Crippen LogP contribution >= 0.6 is 0 Å². The molecular formula is C15H24N2O4S. The number of amides is 1. The van der Waals surface area contributed by atoms with Gasteiger partial charge in [-0.2, -0.15) is 0 Å². The fourth-order valence-electron chi connectivity index (χ4n) is 2.33. The van der Waals surface area contributed by atoms with Gasteiger partial charge in [0.25, 0.3) is 0 Å². The van der Waals surface area contributed by atoms with Crippen LogP contribution in [0.25, 0.3) is 0 Å². The van der Waals surface area contributed by atoms with Crippen molar-refractivity contribution in [3.8, 4) is 5.75 Å². The summed E-state index contributed by atoms with van der Waals surface area (Å²) in [7, 11) is -2.05. The molecule has 6 nitrogen and oxygen atoms in total. The Kier molecular flexibility index (Phi) is 6.22. The lowest BCUT2D eigenvalue weighted by Crippen LogP contribution is -2.49. The van der Waals surface area contributed by atoms with E-state index < -0.39 is 16.1 Å². The van der Waals surface area contributed by atoms with Gasteiger partial charge in [0, 0.05) is 13.1 Å². The maximum absolute atomic E-state index is 12.5. The highest BCUT2D eigenvalue weighted by atomic mass is 32.2. The Morgan fingerprint density at radius 1 is 1.18 bits per heavy atom. The highest BCUT2D eigenvalue weighted by Crippen LogP contribution is 2.24. The third-order valence-corrected chi connectivity index (χ3v) is 4.71. The van der Waals surface area contributed by atoms with E-state index in [9.17, 15) is 13.2 Å². The van der Waals surface area contributed by atoms with E-state index in [-0.39, 0.29) is 5.91 Å². The molecule has 7 heteroatoms. The number of sulfonamides is 1. The first-order valence-electron chi connectivity index (χ1n) is 7.18. The monoisotopic (exact) mass is 328 g/mol.